The Labute approximate surface area is 147 Å². The van der Waals surface area contributed by atoms with Crippen LogP contribution in [-0.2, 0) is 0 Å². The molecule has 24 heavy (non-hydrogen) atoms. The summed E-state index contributed by atoms with van der Waals surface area (Å²) in [5.74, 6) is -0.225. The van der Waals surface area contributed by atoms with Crippen molar-refractivity contribution in [3.63, 3.8) is 0 Å². The Morgan fingerprint density at radius 2 is 1.92 bits per heavy atom. The summed E-state index contributed by atoms with van der Waals surface area (Å²) in [5, 5.41) is 3.58. The molecule has 6 nitrogen and oxygen atoms in total. The molecule has 0 aliphatic rings. The number of nitrogens with one attached hydrogen (secondary N) is 1. The first-order valence-corrected chi connectivity index (χ1v) is 8.29. The number of benzene rings is 1. The Morgan fingerprint density at radius 3 is 2.54 bits per heavy atom. The van der Waals surface area contributed by atoms with Gasteiger partial charge in [0, 0.05) is 24.0 Å². The third kappa shape index (κ3) is 4.21. The van der Waals surface area contributed by atoms with Crippen LogP contribution in [0.25, 0.3) is 0 Å². The number of nitrogen functional groups attached to an aromatic ring is 1. The second-order valence-corrected chi connectivity index (χ2v) is 5.67. The van der Waals surface area contributed by atoms with Gasteiger partial charge in [0.1, 0.15) is 0 Å². The lowest BCUT2D eigenvalue weighted by atomic mass is 10.0. The zero-order valence-corrected chi connectivity index (χ0v) is 14.6. The SMILES string of the molecule is CCN(CC)[C@@H](CNC(=O)c1nccnc1N)c1ccccc1Cl. The molecule has 0 saturated carbocycles. The third-order valence-electron chi connectivity index (χ3n) is 3.91. The van der Waals surface area contributed by atoms with Crippen LogP contribution in [0.2, 0.25) is 5.02 Å². The fraction of sp³-hybridized carbons (Fsp3) is 0.353. The number of halogens is 1. The maximum atomic E-state index is 12.3. The number of nitrogens with zero attached hydrogens (tertiary/aromatic N) is 3. The van der Waals surface area contributed by atoms with Crippen LogP contribution in [0.4, 0.5) is 5.82 Å². The van der Waals surface area contributed by atoms with Crippen molar-refractivity contribution in [1.29, 1.82) is 0 Å². The van der Waals surface area contributed by atoms with Gasteiger partial charge >= 0.3 is 0 Å². The van der Waals surface area contributed by atoms with Crippen molar-refractivity contribution in [2.75, 3.05) is 25.4 Å². The van der Waals surface area contributed by atoms with Gasteiger partial charge in [0.2, 0.25) is 0 Å². The maximum absolute atomic E-state index is 12.3. The van der Waals surface area contributed by atoms with E-state index in [-0.39, 0.29) is 23.5 Å². The monoisotopic (exact) mass is 347 g/mol. The van der Waals surface area contributed by atoms with Crippen molar-refractivity contribution in [2.45, 2.75) is 19.9 Å². The predicted molar refractivity (Wildman–Crippen MR) is 95.9 cm³/mol. The number of rotatable bonds is 7. The number of nitrogens with two attached hydrogens (primary N) is 1. The van der Waals surface area contributed by atoms with Gasteiger partial charge in [0.15, 0.2) is 11.5 Å². The van der Waals surface area contributed by atoms with Crippen molar-refractivity contribution in [3.8, 4) is 0 Å². The Morgan fingerprint density at radius 1 is 1.25 bits per heavy atom. The molecule has 0 unspecified atom stereocenters. The molecule has 0 aliphatic carbocycles. The largest absolute Gasteiger partial charge is 0.382 e. The molecular formula is C17H22ClN5O. The highest BCUT2D eigenvalue weighted by atomic mass is 35.5. The minimum atomic E-state index is -0.343. The molecule has 0 spiro atoms. The molecule has 0 radical (unpaired) electrons. The number of aromatic nitrogens is 2. The number of amides is 1. The lowest BCUT2D eigenvalue weighted by Gasteiger charge is -2.30. The predicted octanol–water partition coefficient (Wildman–Crippen LogP) is 2.53. The summed E-state index contributed by atoms with van der Waals surface area (Å²) in [7, 11) is 0. The molecule has 7 heteroatoms. The van der Waals surface area contributed by atoms with E-state index >= 15 is 0 Å². The number of hydrogen-bond acceptors (Lipinski definition) is 5. The number of likely N-dealkylation sites (N-methyl/N-ethyl adjacent to an activating group) is 1. The molecule has 1 aromatic carbocycles. The molecular weight excluding hydrogens is 326 g/mol. The molecule has 0 aliphatic heterocycles. The summed E-state index contributed by atoms with van der Waals surface area (Å²) in [6.07, 6.45) is 2.90. The lowest BCUT2D eigenvalue weighted by molar-refractivity contribution is 0.0930. The van der Waals surface area contributed by atoms with Crippen LogP contribution in [-0.4, -0.2) is 40.4 Å². The van der Waals surface area contributed by atoms with E-state index in [2.05, 4.69) is 34.0 Å². The quantitative estimate of drug-likeness (QED) is 0.804. The van der Waals surface area contributed by atoms with Gasteiger partial charge in [-0.25, -0.2) is 9.97 Å². The van der Waals surface area contributed by atoms with Crippen LogP contribution >= 0.6 is 11.6 Å². The summed E-state index contributed by atoms with van der Waals surface area (Å²) in [5.41, 5.74) is 6.83. The van der Waals surface area contributed by atoms with Gasteiger partial charge in [0.05, 0.1) is 6.04 Å². The van der Waals surface area contributed by atoms with E-state index in [0.29, 0.717) is 11.6 Å². The zero-order chi connectivity index (χ0) is 17.5. The topological polar surface area (TPSA) is 84.1 Å². The highest BCUT2D eigenvalue weighted by molar-refractivity contribution is 6.31. The van der Waals surface area contributed by atoms with Gasteiger partial charge in [-0.05, 0) is 24.7 Å². The average Bonchev–Trinajstić information content (AvgIpc) is 2.59. The van der Waals surface area contributed by atoms with Crippen LogP contribution in [0.5, 0.6) is 0 Å². The summed E-state index contributed by atoms with van der Waals surface area (Å²) in [4.78, 5) is 22.5. The summed E-state index contributed by atoms with van der Waals surface area (Å²) in [6.45, 7) is 6.25. The van der Waals surface area contributed by atoms with E-state index in [9.17, 15) is 4.79 Å². The van der Waals surface area contributed by atoms with Crippen molar-refractivity contribution in [2.24, 2.45) is 0 Å². The molecule has 0 fully saturated rings. The van der Waals surface area contributed by atoms with Crippen LogP contribution in [0, 0.1) is 0 Å². The standard InChI is InChI=1S/C17H22ClN5O/c1-3-23(4-2)14(12-7-5-6-8-13(12)18)11-22-17(24)15-16(19)21-10-9-20-15/h5-10,14H,3-4,11H2,1-2H3,(H2,19,21)(H,22,24)/t14-/m0/s1. The smallest absolute Gasteiger partial charge is 0.273 e. The molecule has 128 valence electrons. The Balaban J connectivity index is 2.19. The molecule has 1 amide bonds. The molecule has 1 aromatic heterocycles. The third-order valence-corrected chi connectivity index (χ3v) is 4.26. The fourth-order valence-electron chi connectivity index (χ4n) is 2.64. The van der Waals surface area contributed by atoms with Crippen molar-refractivity contribution < 1.29 is 4.79 Å². The van der Waals surface area contributed by atoms with E-state index in [0.717, 1.165) is 18.7 Å². The number of hydrogen-bond donors (Lipinski definition) is 2. The second-order valence-electron chi connectivity index (χ2n) is 5.26. The van der Waals surface area contributed by atoms with E-state index in [4.69, 9.17) is 17.3 Å². The Kier molecular flexibility index (Phi) is 6.52. The van der Waals surface area contributed by atoms with Gasteiger partial charge in [-0.2, -0.15) is 0 Å². The molecule has 1 heterocycles. The van der Waals surface area contributed by atoms with Crippen molar-refractivity contribution in [1.82, 2.24) is 20.2 Å². The minimum absolute atomic E-state index is 0.0319. The van der Waals surface area contributed by atoms with Gasteiger partial charge in [-0.15, -0.1) is 0 Å². The average molecular weight is 348 g/mol. The first-order chi connectivity index (χ1) is 11.6. The van der Waals surface area contributed by atoms with E-state index in [1.807, 2.05) is 24.3 Å². The summed E-state index contributed by atoms with van der Waals surface area (Å²) < 4.78 is 0. The second kappa shape index (κ2) is 8.61. The van der Waals surface area contributed by atoms with E-state index < -0.39 is 0 Å². The molecule has 0 saturated heterocycles. The molecule has 2 aromatic rings. The van der Waals surface area contributed by atoms with Gasteiger partial charge in [-0.1, -0.05) is 43.6 Å². The van der Waals surface area contributed by atoms with Gasteiger partial charge < -0.3 is 11.1 Å². The number of carbonyl (C=O) groups excluding carboxylic acids is 1. The highest BCUT2D eigenvalue weighted by Gasteiger charge is 2.22. The van der Waals surface area contributed by atoms with E-state index in [1.165, 1.54) is 12.4 Å². The minimum Gasteiger partial charge on any atom is -0.382 e. The van der Waals surface area contributed by atoms with Crippen LogP contribution in [0.1, 0.15) is 35.9 Å². The summed E-state index contributed by atoms with van der Waals surface area (Å²) >= 11 is 6.35. The van der Waals surface area contributed by atoms with Gasteiger partial charge in [0.25, 0.3) is 5.91 Å². The lowest BCUT2D eigenvalue weighted by Crippen LogP contribution is -2.38. The van der Waals surface area contributed by atoms with E-state index in [1.54, 1.807) is 0 Å². The van der Waals surface area contributed by atoms with Crippen LogP contribution in [0.15, 0.2) is 36.7 Å². The first kappa shape index (κ1) is 18.2. The normalized spacial score (nSPS) is 12.2. The number of anilines is 1. The maximum Gasteiger partial charge on any atom is 0.273 e. The zero-order valence-electron chi connectivity index (χ0n) is 13.9. The van der Waals surface area contributed by atoms with Crippen molar-refractivity contribution in [3.05, 3.63) is 52.9 Å². The molecule has 2 rings (SSSR count). The number of carbonyl (C=O) groups is 1. The molecule has 0 bridgehead atoms. The molecule has 1 atom stereocenters. The summed E-state index contributed by atoms with van der Waals surface area (Å²) in [6, 6.07) is 7.64. The van der Waals surface area contributed by atoms with Crippen LogP contribution < -0.4 is 11.1 Å². The fourth-order valence-corrected chi connectivity index (χ4v) is 2.90. The van der Waals surface area contributed by atoms with Gasteiger partial charge in [-0.3, -0.25) is 9.69 Å². The molecule has 3 N–H and O–H groups in total. The van der Waals surface area contributed by atoms with Crippen LogP contribution in [0.3, 0.4) is 0 Å². The Bertz CT molecular complexity index is 690. The van der Waals surface area contributed by atoms with Crippen molar-refractivity contribution >= 4 is 23.3 Å². The highest BCUT2D eigenvalue weighted by Crippen LogP contribution is 2.27. The Hall–Kier alpha value is -2.18. The first-order valence-electron chi connectivity index (χ1n) is 7.91.